The predicted molar refractivity (Wildman–Crippen MR) is 117 cm³/mol. The third-order valence-electron chi connectivity index (χ3n) is 5.01. The van der Waals surface area contributed by atoms with E-state index in [9.17, 15) is 4.79 Å². The molecule has 0 atom stereocenters. The van der Waals surface area contributed by atoms with Crippen molar-refractivity contribution in [3.8, 4) is 5.88 Å². The van der Waals surface area contributed by atoms with Gasteiger partial charge in [0, 0.05) is 12.5 Å². The molecule has 5 nitrogen and oxygen atoms in total. The number of amides is 1. The van der Waals surface area contributed by atoms with Crippen LogP contribution in [0.4, 0.5) is 0 Å². The minimum Gasteiger partial charge on any atom is -0.467 e. The van der Waals surface area contributed by atoms with Crippen LogP contribution < -0.4 is 10.1 Å². The van der Waals surface area contributed by atoms with Gasteiger partial charge in [0.25, 0.3) is 5.91 Å². The third kappa shape index (κ3) is 4.81. The molecule has 0 saturated carbocycles. The summed E-state index contributed by atoms with van der Waals surface area (Å²) in [6.07, 6.45) is 2.25. The molecule has 0 bridgehead atoms. The molecule has 3 aromatic carbocycles. The fraction of sp³-hybridized carbons (Fsp3) is 0.160. The Morgan fingerprint density at radius 1 is 0.833 bits per heavy atom. The van der Waals surface area contributed by atoms with Gasteiger partial charge in [0.15, 0.2) is 6.61 Å². The van der Waals surface area contributed by atoms with E-state index < -0.39 is 0 Å². The maximum Gasteiger partial charge on any atom is 0.258 e. The number of rotatable bonds is 8. The van der Waals surface area contributed by atoms with E-state index in [1.54, 1.807) is 0 Å². The van der Waals surface area contributed by atoms with Gasteiger partial charge in [0.1, 0.15) is 6.33 Å². The summed E-state index contributed by atoms with van der Waals surface area (Å²) < 4.78 is 5.64. The number of hydrogen-bond donors (Lipinski definition) is 1. The first-order valence-electron chi connectivity index (χ1n) is 10.0. The fourth-order valence-corrected chi connectivity index (χ4v) is 3.53. The number of para-hydroxylation sites is 1. The Labute approximate surface area is 175 Å². The molecule has 4 aromatic rings. The molecule has 30 heavy (non-hydrogen) atoms. The van der Waals surface area contributed by atoms with Gasteiger partial charge in [-0.3, -0.25) is 4.79 Å². The molecule has 0 aliphatic rings. The topological polar surface area (TPSA) is 64.1 Å². The Morgan fingerprint density at radius 3 is 2.17 bits per heavy atom. The highest BCUT2D eigenvalue weighted by Crippen LogP contribution is 2.27. The van der Waals surface area contributed by atoms with Crippen molar-refractivity contribution in [1.82, 2.24) is 15.3 Å². The summed E-state index contributed by atoms with van der Waals surface area (Å²) in [5, 5.41) is 3.76. The first kappa shape index (κ1) is 19.6. The molecular weight excluding hydrogens is 374 g/mol. The molecule has 0 saturated heterocycles. The first-order chi connectivity index (χ1) is 14.8. The Hall–Kier alpha value is -3.73. The fourth-order valence-electron chi connectivity index (χ4n) is 3.53. The number of benzene rings is 3. The zero-order valence-corrected chi connectivity index (χ0v) is 16.6. The van der Waals surface area contributed by atoms with E-state index in [-0.39, 0.29) is 18.4 Å². The lowest BCUT2D eigenvalue weighted by Crippen LogP contribution is -2.30. The smallest absolute Gasteiger partial charge is 0.258 e. The normalized spacial score (nSPS) is 10.8. The maximum atomic E-state index is 12.3. The highest BCUT2D eigenvalue weighted by molar-refractivity contribution is 5.83. The van der Waals surface area contributed by atoms with Crippen molar-refractivity contribution in [3.05, 3.63) is 102 Å². The average molecular weight is 397 g/mol. The number of aromatic nitrogens is 2. The van der Waals surface area contributed by atoms with Gasteiger partial charge >= 0.3 is 0 Å². The minimum atomic E-state index is -0.169. The Kier molecular flexibility index (Phi) is 6.30. The standard InChI is InChI=1S/C25H23N3O2/c29-24(17-30-25-22-13-7-8-14-23(22)27-18-28-25)26-16-15-21(19-9-3-1-4-10-19)20-11-5-2-6-12-20/h1-14,18,21H,15-17H2,(H,26,29). The molecule has 0 fully saturated rings. The SMILES string of the molecule is O=C(COc1ncnc2ccccc12)NCCC(c1ccccc1)c1ccccc1. The van der Waals surface area contributed by atoms with Crippen LogP contribution in [0, 0.1) is 0 Å². The van der Waals surface area contributed by atoms with Crippen molar-refractivity contribution in [3.63, 3.8) is 0 Å². The average Bonchev–Trinajstić information content (AvgIpc) is 2.81. The first-order valence-corrected chi connectivity index (χ1v) is 10.0. The van der Waals surface area contributed by atoms with E-state index in [0.29, 0.717) is 12.4 Å². The second kappa shape index (κ2) is 9.65. The molecule has 0 unspecified atom stereocenters. The Morgan fingerprint density at radius 2 is 1.47 bits per heavy atom. The highest BCUT2D eigenvalue weighted by Gasteiger charge is 2.14. The van der Waals surface area contributed by atoms with Gasteiger partial charge in [-0.1, -0.05) is 72.8 Å². The summed E-state index contributed by atoms with van der Waals surface area (Å²) in [6.45, 7) is 0.476. The van der Waals surface area contributed by atoms with Crippen molar-refractivity contribution < 1.29 is 9.53 Å². The number of carbonyl (C=O) groups excluding carboxylic acids is 1. The van der Waals surface area contributed by atoms with Gasteiger partial charge in [0.05, 0.1) is 10.9 Å². The molecule has 4 rings (SSSR count). The zero-order chi connectivity index (χ0) is 20.6. The summed E-state index contributed by atoms with van der Waals surface area (Å²) >= 11 is 0. The van der Waals surface area contributed by atoms with Gasteiger partial charge in [-0.2, -0.15) is 0 Å². The molecule has 150 valence electrons. The summed E-state index contributed by atoms with van der Waals surface area (Å²) in [7, 11) is 0. The number of fused-ring (bicyclic) bond motifs is 1. The highest BCUT2D eigenvalue weighted by atomic mass is 16.5. The molecule has 0 aliphatic heterocycles. The molecule has 1 aromatic heterocycles. The van der Waals surface area contributed by atoms with Gasteiger partial charge in [-0.05, 0) is 29.7 Å². The van der Waals surface area contributed by atoms with E-state index in [2.05, 4.69) is 39.6 Å². The van der Waals surface area contributed by atoms with Crippen molar-refractivity contribution in [2.75, 3.05) is 13.2 Å². The molecular formula is C25H23N3O2. The molecule has 0 aliphatic carbocycles. The van der Waals surface area contributed by atoms with Crippen LogP contribution in [0.3, 0.4) is 0 Å². The van der Waals surface area contributed by atoms with E-state index in [1.807, 2.05) is 60.7 Å². The van der Waals surface area contributed by atoms with E-state index in [1.165, 1.54) is 17.5 Å². The van der Waals surface area contributed by atoms with Crippen LogP contribution in [0.25, 0.3) is 10.9 Å². The zero-order valence-electron chi connectivity index (χ0n) is 16.6. The van der Waals surface area contributed by atoms with Crippen LogP contribution in [0.1, 0.15) is 23.5 Å². The summed E-state index contributed by atoms with van der Waals surface area (Å²) in [6, 6.07) is 28.3. The van der Waals surface area contributed by atoms with Gasteiger partial charge in [-0.25, -0.2) is 9.97 Å². The summed E-state index contributed by atoms with van der Waals surface area (Å²) in [4.78, 5) is 20.7. The van der Waals surface area contributed by atoms with Crippen molar-refractivity contribution >= 4 is 16.8 Å². The summed E-state index contributed by atoms with van der Waals surface area (Å²) in [5.41, 5.74) is 3.26. The number of ether oxygens (including phenoxy) is 1. The Bertz CT molecular complexity index is 1060. The molecule has 1 heterocycles. The predicted octanol–water partition coefficient (Wildman–Crippen LogP) is 4.35. The molecule has 5 heteroatoms. The third-order valence-corrected chi connectivity index (χ3v) is 5.01. The number of nitrogens with zero attached hydrogens (tertiary/aromatic N) is 2. The van der Waals surface area contributed by atoms with Crippen LogP contribution in [0.15, 0.2) is 91.3 Å². The second-order valence-corrected chi connectivity index (χ2v) is 7.00. The summed E-state index contributed by atoms with van der Waals surface area (Å²) in [5.74, 6) is 0.471. The van der Waals surface area contributed by atoms with Crippen LogP contribution in [0.5, 0.6) is 5.88 Å². The van der Waals surface area contributed by atoms with Crippen molar-refractivity contribution in [2.45, 2.75) is 12.3 Å². The molecule has 1 amide bonds. The lowest BCUT2D eigenvalue weighted by Gasteiger charge is -2.18. The quantitative estimate of drug-likeness (QED) is 0.480. The largest absolute Gasteiger partial charge is 0.467 e. The van der Waals surface area contributed by atoms with E-state index in [4.69, 9.17) is 4.74 Å². The van der Waals surface area contributed by atoms with Crippen molar-refractivity contribution in [2.24, 2.45) is 0 Å². The van der Waals surface area contributed by atoms with Crippen LogP contribution >= 0.6 is 0 Å². The monoisotopic (exact) mass is 397 g/mol. The van der Waals surface area contributed by atoms with Gasteiger partial charge in [-0.15, -0.1) is 0 Å². The van der Waals surface area contributed by atoms with Gasteiger partial charge in [0.2, 0.25) is 5.88 Å². The molecule has 1 N–H and O–H groups in total. The van der Waals surface area contributed by atoms with Crippen LogP contribution in [-0.4, -0.2) is 29.0 Å². The molecule has 0 radical (unpaired) electrons. The lowest BCUT2D eigenvalue weighted by molar-refractivity contribution is -0.123. The van der Waals surface area contributed by atoms with E-state index >= 15 is 0 Å². The lowest BCUT2D eigenvalue weighted by atomic mass is 9.88. The second-order valence-electron chi connectivity index (χ2n) is 7.00. The van der Waals surface area contributed by atoms with Crippen LogP contribution in [-0.2, 0) is 4.79 Å². The van der Waals surface area contributed by atoms with Crippen LogP contribution in [0.2, 0.25) is 0 Å². The Balaban J connectivity index is 1.35. The van der Waals surface area contributed by atoms with Crippen molar-refractivity contribution in [1.29, 1.82) is 0 Å². The van der Waals surface area contributed by atoms with E-state index in [0.717, 1.165) is 17.3 Å². The number of carbonyl (C=O) groups is 1. The van der Waals surface area contributed by atoms with Gasteiger partial charge < -0.3 is 10.1 Å². The molecule has 0 spiro atoms. The maximum absolute atomic E-state index is 12.3. The number of hydrogen-bond acceptors (Lipinski definition) is 4. The minimum absolute atomic E-state index is 0.0810. The number of nitrogens with one attached hydrogen (secondary N) is 1.